The van der Waals surface area contributed by atoms with Gasteiger partial charge in [0.2, 0.25) is 12.0 Å². The van der Waals surface area contributed by atoms with E-state index in [1.165, 1.54) is 17.8 Å². The second-order valence-corrected chi connectivity index (χ2v) is 9.69. The van der Waals surface area contributed by atoms with Crippen LogP contribution in [-0.4, -0.2) is 55.2 Å². The highest BCUT2D eigenvalue weighted by Gasteiger charge is 2.38. The standard InChI is InChI=1S/C26H34N2O5S/c1-2-31-16-9-15-28(26(30)22-18-32-20-12-6-7-13-21(20)33-22)24(23-14-8-17-34-23)25(29)27-19-10-4-3-5-11-19/h6-8,12-14,17,19,22,24H,2-5,9-11,15-16,18H2,1H3,(H,27,29)/t22-,24-/m1/s1. The Labute approximate surface area is 205 Å². The topological polar surface area (TPSA) is 77.1 Å². The van der Waals surface area contributed by atoms with Crippen molar-refractivity contribution >= 4 is 23.2 Å². The summed E-state index contributed by atoms with van der Waals surface area (Å²) in [6.45, 7) is 3.58. The number of ether oxygens (including phenoxy) is 3. The number of nitrogens with zero attached hydrogens (tertiary/aromatic N) is 1. The predicted octanol–water partition coefficient (Wildman–Crippen LogP) is 4.33. The van der Waals surface area contributed by atoms with Crippen LogP contribution >= 0.6 is 11.3 Å². The molecule has 34 heavy (non-hydrogen) atoms. The van der Waals surface area contributed by atoms with E-state index in [0.717, 1.165) is 30.6 Å². The number of rotatable bonds is 10. The lowest BCUT2D eigenvalue weighted by Gasteiger charge is -2.35. The number of amides is 2. The number of carbonyl (C=O) groups excluding carboxylic acids is 2. The normalized spacial score (nSPS) is 18.8. The largest absolute Gasteiger partial charge is 0.485 e. The number of thiophene rings is 1. The SMILES string of the molecule is CCOCCCN(C(=O)[C@H]1COc2ccccc2O1)[C@@H](C(=O)NC1CCCCC1)c1cccs1. The van der Waals surface area contributed by atoms with Crippen LogP contribution in [-0.2, 0) is 14.3 Å². The Morgan fingerprint density at radius 2 is 1.94 bits per heavy atom. The number of para-hydroxylation sites is 2. The molecule has 1 aromatic heterocycles. The summed E-state index contributed by atoms with van der Waals surface area (Å²) in [5.41, 5.74) is 0. The minimum absolute atomic E-state index is 0.110. The van der Waals surface area contributed by atoms with Crippen LogP contribution in [0.4, 0.5) is 0 Å². The molecule has 1 saturated carbocycles. The Balaban J connectivity index is 1.56. The third-order valence-corrected chi connectivity index (χ3v) is 7.21. The fraction of sp³-hybridized carbons (Fsp3) is 0.538. The average Bonchev–Trinajstić information content (AvgIpc) is 3.40. The van der Waals surface area contributed by atoms with Gasteiger partial charge in [0.25, 0.3) is 5.91 Å². The molecule has 1 aliphatic heterocycles. The highest BCUT2D eigenvalue weighted by molar-refractivity contribution is 7.10. The molecule has 184 valence electrons. The van der Waals surface area contributed by atoms with Crippen LogP contribution in [0, 0.1) is 0 Å². The maximum absolute atomic E-state index is 13.8. The lowest BCUT2D eigenvalue weighted by molar-refractivity contribution is -0.148. The van der Waals surface area contributed by atoms with Gasteiger partial charge in [-0.15, -0.1) is 11.3 Å². The Morgan fingerprint density at radius 3 is 2.68 bits per heavy atom. The van der Waals surface area contributed by atoms with Crippen molar-refractivity contribution < 1.29 is 23.8 Å². The molecule has 2 heterocycles. The van der Waals surface area contributed by atoms with Gasteiger partial charge >= 0.3 is 0 Å². The Morgan fingerprint density at radius 1 is 1.15 bits per heavy atom. The number of hydrogen-bond acceptors (Lipinski definition) is 6. The van der Waals surface area contributed by atoms with E-state index in [0.29, 0.717) is 37.7 Å². The Bertz CT molecular complexity index is 929. The van der Waals surface area contributed by atoms with Crippen LogP contribution in [0.25, 0.3) is 0 Å². The maximum atomic E-state index is 13.8. The summed E-state index contributed by atoms with van der Waals surface area (Å²) >= 11 is 1.49. The van der Waals surface area contributed by atoms with E-state index in [1.807, 2.05) is 42.6 Å². The number of carbonyl (C=O) groups is 2. The molecule has 2 atom stereocenters. The van der Waals surface area contributed by atoms with Crippen LogP contribution in [0.15, 0.2) is 41.8 Å². The van der Waals surface area contributed by atoms with Crippen LogP contribution in [0.1, 0.15) is 56.4 Å². The van der Waals surface area contributed by atoms with Gasteiger partial charge in [-0.2, -0.15) is 0 Å². The van der Waals surface area contributed by atoms with Crippen LogP contribution in [0.3, 0.4) is 0 Å². The molecule has 2 aliphatic rings. The molecule has 0 spiro atoms. The highest BCUT2D eigenvalue weighted by Crippen LogP contribution is 2.33. The van der Waals surface area contributed by atoms with Crippen molar-refractivity contribution in [1.82, 2.24) is 10.2 Å². The lowest BCUT2D eigenvalue weighted by atomic mass is 9.95. The van der Waals surface area contributed by atoms with Crippen LogP contribution in [0.5, 0.6) is 11.5 Å². The second kappa shape index (κ2) is 12.2. The Kier molecular flexibility index (Phi) is 8.82. The monoisotopic (exact) mass is 486 g/mol. The van der Waals surface area contributed by atoms with Crippen molar-refractivity contribution in [3.05, 3.63) is 46.7 Å². The van der Waals surface area contributed by atoms with E-state index < -0.39 is 12.1 Å². The van der Waals surface area contributed by atoms with Gasteiger partial charge in [-0.25, -0.2) is 0 Å². The first-order valence-corrected chi connectivity index (χ1v) is 13.2. The summed E-state index contributed by atoms with van der Waals surface area (Å²) in [5.74, 6) is 0.791. The molecule has 1 N–H and O–H groups in total. The lowest BCUT2D eigenvalue weighted by Crippen LogP contribution is -2.52. The molecule has 1 aromatic carbocycles. The molecule has 1 aliphatic carbocycles. The Hall–Kier alpha value is -2.58. The molecular weight excluding hydrogens is 452 g/mol. The van der Waals surface area contributed by atoms with Crippen molar-refractivity contribution in [3.8, 4) is 11.5 Å². The summed E-state index contributed by atoms with van der Waals surface area (Å²) in [7, 11) is 0. The van der Waals surface area contributed by atoms with Gasteiger partial charge in [-0.05, 0) is 49.8 Å². The van der Waals surface area contributed by atoms with E-state index in [-0.39, 0.29) is 24.5 Å². The molecule has 0 saturated heterocycles. The molecule has 7 nitrogen and oxygen atoms in total. The third kappa shape index (κ3) is 6.10. The van der Waals surface area contributed by atoms with E-state index in [4.69, 9.17) is 14.2 Å². The average molecular weight is 487 g/mol. The van der Waals surface area contributed by atoms with Gasteiger partial charge in [0.05, 0.1) is 0 Å². The van der Waals surface area contributed by atoms with Gasteiger partial charge < -0.3 is 24.4 Å². The first-order valence-electron chi connectivity index (χ1n) is 12.3. The zero-order chi connectivity index (χ0) is 23.8. The van der Waals surface area contributed by atoms with E-state index in [9.17, 15) is 9.59 Å². The molecule has 4 rings (SSSR count). The number of benzene rings is 1. The predicted molar refractivity (Wildman–Crippen MR) is 131 cm³/mol. The first kappa shape index (κ1) is 24.5. The molecular formula is C26H34N2O5S. The molecule has 1 fully saturated rings. The zero-order valence-corrected chi connectivity index (χ0v) is 20.6. The van der Waals surface area contributed by atoms with Gasteiger partial charge in [-0.1, -0.05) is 37.5 Å². The van der Waals surface area contributed by atoms with Gasteiger partial charge in [-0.3, -0.25) is 9.59 Å². The first-order chi connectivity index (χ1) is 16.7. The second-order valence-electron chi connectivity index (χ2n) is 8.71. The summed E-state index contributed by atoms with van der Waals surface area (Å²) in [5, 5.41) is 5.17. The summed E-state index contributed by atoms with van der Waals surface area (Å²) < 4.78 is 17.3. The fourth-order valence-electron chi connectivity index (χ4n) is 4.57. The molecule has 8 heteroatoms. The van der Waals surface area contributed by atoms with E-state index in [1.54, 1.807) is 11.0 Å². The molecule has 2 aromatic rings. The third-order valence-electron chi connectivity index (χ3n) is 6.28. The van der Waals surface area contributed by atoms with Crippen molar-refractivity contribution in [2.24, 2.45) is 0 Å². The van der Waals surface area contributed by atoms with Crippen LogP contribution in [0.2, 0.25) is 0 Å². The highest BCUT2D eigenvalue weighted by atomic mass is 32.1. The molecule has 0 bridgehead atoms. The fourth-order valence-corrected chi connectivity index (χ4v) is 5.41. The number of fused-ring (bicyclic) bond motifs is 1. The molecule has 0 unspecified atom stereocenters. The van der Waals surface area contributed by atoms with Crippen LogP contribution < -0.4 is 14.8 Å². The number of hydrogen-bond donors (Lipinski definition) is 1. The van der Waals surface area contributed by atoms with Crippen molar-refractivity contribution in [2.75, 3.05) is 26.4 Å². The quantitative estimate of drug-likeness (QED) is 0.506. The summed E-state index contributed by atoms with van der Waals surface area (Å²) in [4.78, 5) is 29.9. The van der Waals surface area contributed by atoms with E-state index in [2.05, 4.69) is 5.32 Å². The minimum Gasteiger partial charge on any atom is -0.485 e. The summed E-state index contributed by atoms with van der Waals surface area (Å²) in [6.07, 6.45) is 5.24. The zero-order valence-electron chi connectivity index (χ0n) is 19.7. The van der Waals surface area contributed by atoms with Gasteiger partial charge in [0, 0.05) is 30.7 Å². The van der Waals surface area contributed by atoms with Crippen molar-refractivity contribution in [1.29, 1.82) is 0 Å². The van der Waals surface area contributed by atoms with Gasteiger partial charge in [0.1, 0.15) is 12.6 Å². The maximum Gasteiger partial charge on any atom is 0.268 e. The molecule has 0 radical (unpaired) electrons. The smallest absolute Gasteiger partial charge is 0.268 e. The molecule has 2 amide bonds. The summed E-state index contributed by atoms with van der Waals surface area (Å²) in [6, 6.07) is 10.6. The van der Waals surface area contributed by atoms with E-state index >= 15 is 0 Å². The van der Waals surface area contributed by atoms with Crippen molar-refractivity contribution in [3.63, 3.8) is 0 Å². The van der Waals surface area contributed by atoms with Crippen molar-refractivity contribution in [2.45, 2.75) is 63.6 Å². The number of nitrogens with one attached hydrogen (secondary N) is 1. The minimum atomic E-state index is -0.813. The van der Waals surface area contributed by atoms with Gasteiger partial charge in [0.15, 0.2) is 11.5 Å².